The molecule has 0 unspecified atom stereocenters. The Bertz CT molecular complexity index is 1540. The number of ether oxygens (including phenoxy) is 1. The molecule has 7 nitrogen and oxygen atoms in total. The fourth-order valence-electron chi connectivity index (χ4n) is 7.04. The fraction of sp³-hybridized carbons (Fsp3) is 0.412. The second-order valence-corrected chi connectivity index (χ2v) is 13.5. The van der Waals surface area contributed by atoms with Crippen LogP contribution < -0.4 is 9.64 Å². The van der Waals surface area contributed by atoms with Gasteiger partial charge in [-0.2, -0.15) is 0 Å². The highest BCUT2D eigenvalue weighted by atomic mass is 16.6. The maximum absolute atomic E-state index is 14.3. The molecule has 2 amide bonds. The van der Waals surface area contributed by atoms with Crippen molar-refractivity contribution < 1.29 is 19.2 Å². The zero-order valence-electron chi connectivity index (χ0n) is 24.6. The van der Waals surface area contributed by atoms with Crippen molar-refractivity contribution in [1.82, 2.24) is 0 Å². The Morgan fingerprint density at radius 3 is 1.66 bits per heavy atom. The molecule has 0 saturated carbocycles. The molecule has 1 fully saturated rings. The standard InChI is InChI=1S/C34H36N2O5/c1-8-41-20-11-14-25(26(17-20)36(39)40)35-31(37)29-27-22-13-10-19(34(5,6)7)16-24(22)28(30(29)32(35)38)21-12-9-18(15-23(21)27)33(2,3)4/h9-17,27-30H,8H2,1-7H3/t27-,28+,29-,30+. The topological polar surface area (TPSA) is 89.8 Å². The van der Waals surface area contributed by atoms with E-state index in [1.54, 1.807) is 13.0 Å². The van der Waals surface area contributed by atoms with E-state index in [0.717, 1.165) is 27.2 Å². The van der Waals surface area contributed by atoms with E-state index in [0.29, 0.717) is 12.4 Å². The second kappa shape index (κ2) is 9.00. The first kappa shape index (κ1) is 27.2. The quantitative estimate of drug-likeness (QED) is 0.198. The van der Waals surface area contributed by atoms with Crippen LogP contribution in [0.2, 0.25) is 0 Å². The van der Waals surface area contributed by atoms with Gasteiger partial charge in [-0.3, -0.25) is 19.7 Å². The number of carbonyl (C=O) groups excluding carboxylic acids is 2. The van der Waals surface area contributed by atoms with E-state index in [4.69, 9.17) is 4.74 Å². The van der Waals surface area contributed by atoms with Crippen molar-refractivity contribution in [2.45, 2.75) is 71.1 Å². The lowest BCUT2D eigenvalue weighted by Crippen LogP contribution is -2.42. The highest BCUT2D eigenvalue weighted by molar-refractivity contribution is 6.24. The van der Waals surface area contributed by atoms with Crippen LogP contribution in [-0.2, 0) is 20.4 Å². The summed E-state index contributed by atoms with van der Waals surface area (Å²) in [6, 6.07) is 17.3. The van der Waals surface area contributed by atoms with E-state index in [2.05, 4.69) is 77.9 Å². The molecule has 0 spiro atoms. The smallest absolute Gasteiger partial charge is 0.297 e. The van der Waals surface area contributed by atoms with Gasteiger partial charge in [0.25, 0.3) is 5.69 Å². The van der Waals surface area contributed by atoms with Gasteiger partial charge in [0.1, 0.15) is 11.4 Å². The van der Waals surface area contributed by atoms with Crippen molar-refractivity contribution in [3.8, 4) is 5.75 Å². The molecular weight excluding hydrogens is 516 g/mol. The van der Waals surface area contributed by atoms with E-state index in [9.17, 15) is 19.7 Å². The van der Waals surface area contributed by atoms with Gasteiger partial charge in [0.2, 0.25) is 11.8 Å². The third-order valence-electron chi connectivity index (χ3n) is 9.06. The Kier molecular flexibility index (Phi) is 5.97. The first-order chi connectivity index (χ1) is 19.2. The number of imide groups is 1. The molecule has 1 heterocycles. The van der Waals surface area contributed by atoms with E-state index in [1.807, 2.05) is 0 Å². The zero-order chi connectivity index (χ0) is 29.6. The molecule has 1 saturated heterocycles. The Morgan fingerprint density at radius 1 is 0.756 bits per heavy atom. The predicted octanol–water partition coefficient (Wildman–Crippen LogP) is 6.99. The first-order valence-electron chi connectivity index (χ1n) is 14.3. The maximum atomic E-state index is 14.3. The van der Waals surface area contributed by atoms with Crippen molar-refractivity contribution in [3.63, 3.8) is 0 Å². The van der Waals surface area contributed by atoms with Crippen LogP contribution in [0.4, 0.5) is 11.4 Å². The van der Waals surface area contributed by atoms with E-state index in [1.165, 1.54) is 23.3 Å². The molecule has 3 aromatic carbocycles. The lowest BCUT2D eigenvalue weighted by atomic mass is 9.54. The van der Waals surface area contributed by atoms with Crippen LogP contribution in [0.3, 0.4) is 0 Å². The third kappa shape index (κ3) is 4.00. The Hall–Kier alpha value is -4.00. The molecule has 41 heavy (non-hydrogen) atoms. The number of amides is 2. The number of carbonyl (C=O) groups is 2. The zero-order valence-corrected chi connectivity index (χ0v) is 24.6. The Morgan fingerprint density at radius 2 is 1.24 bits per heavy atom. The van der Waals surface area contributed by atoms with Crippen LogP contribution in [0, 0.1) is 22.0 Å². The molecule has 0 N–H and O–H groups in total. The second-order valence-electron chi connectivity index (χ2n) is 13.5. The van der Waals surface area contributed by atoms with Gasteiger partial charge in [0.05, 0.1) is 29.4 Å². The van der Waals surface area contributed by atoms with Crippen LogP contribution in [0.1, 0.15) is 93.7 Å². The van der Waals surface area contributed by atoms with Gasteiger partial charge in [0.15, 0.2) is 0 Å². The summed E-state index contributed by atoms with van der Waals surface area (Å²) in [5.74, 6) is -2.31. The number of nitrogens with zero attached hydrogens (tertiary/aromatic N) is 2. The number of hydrogen-bond donors (Lipinski definition) is 0. The number of rotatable bonds is 4. The molecular formula is C34H36N2O5. The first-order valence-corrected chi connectivity index (χ1v) is 14.3. The molecule has 7 rings (SSSR count). The SMILES string of the molecule is CCOc1ccc(N2C(=O)[C@@H]3[C@H]4c5cc(C(C)(C)C)ccc5[C@@H](c5cc(C(C)(C)C)ccc54)[C@@H]3C2=O)c([N+](=O)[O-])c1. The summed E-state index contributed by atoms with van der Waals surface area (Å²) in [5, 5.41) is 12.1. The number of nitro benzene ring substituents is 1. The summed E-state index contributed by atoms with van der Waals surface area (Å²) in [7, 11) is 0. The van der Waals surface area contributed by atoms with Crippen molar-refractivity contribution in [2.75, 3.05) is 11.5 Å². The molecule has 7 heteroatoms. The molecule has 0 aromatic heterocycles. The normalized spacial score (nSPS) is 22.9. The molecule has 0 radical (unpaired) electrons. The van der Waals surface area contributed by atoms with Gasteiger partial charge in [-0.25, -0.2) is 4.90 Å². The Balaban J connectivity index is 1.55. The van der Waals surface area contributed by atoms with Gasteiger partial charge in [-0.05, 0) is 63.3 Å². The van der Waals surface area contributed by atoms with Crippen LogP contribution in [0.5, 0.6) is 5.75 Å². The molecule has 212 valence electrons. The summed E-state index contributed by atoms with van der Waals surface area (Å²) in [5.41, 5.74) is 6.17. The van der Waals surface area contributed by atoms with Gasteiger partial charge in [0, 0.05) is 11.8 Å². The molecule has 1 aliphatic heterocycles. The average Bonchev–Trinajstić information content (AvgIpc) is 3.17. The van der Waals surface area contributed by atoms with Gasteiger partial charge >= 0.3 is 0 Å². The predicted molar refractivity (Wildman–Crippen MR) is 158 cm³/mol. The highest BCUT2D eigenvalue weighted by Gasteiger charge is 2.62. The summed E-state index contributed by atoms with van der Waals surface area (Å²) in [4.78, 5) is 41.3. The largest absolute Gasteiger partial charge is 0.494 e. The highest BCUT2D eigenvalue weighted by Crippen LogP contribution is 2.62. The number of benzene rings is 3. The lowest BCUT2D eigenvalue weighted by Gasteiger charge is -2.47. The molecule has 4 aliphatic rings. The molecule has 3 aromatic rings. The third-order valence-corrected chi connectivity index (χ3v) is 9.06. The number of nitro groups is 1. The monoisotopic (exact) mass is 552 g/mol. The lowest BCUT2D eigenvalue weighted by molar-refractivity contribution is -0.384. The van der Waals surface area contributed by atoms with Crippen molar-refractivity contribution in [3.05, 3.63) is 98.1 Å². The van der Waals surface area contributed by atoms with E-state index >= 15 is 0 Å². The average molecular weight is 553 g/mol. The summed E-state index contributed by atoms with van der Waals surface area (Å²) < 4.78 is 5.48. The van der Waals surface area contributed by atoms with Crippen molar-refractivity contribution >= 4 is 23.2 Å². The van der Waals surface area contributed by atoms with Crippen LogP contribution in [0.15, 0.2) is 54.6 Å². The fourth-order valence-corrected chi connectivity index (χ4v) is 7.04. The summed E-state index contributed by atoms with van der Waals surface area (Å²) >= 11 is 0. The van der Waals surface area contributed by atoms with E-state index in [-0.39, 0.29) is 45.9 Å². The van der Waals surface area contributed by atoms with Crippen LogP contribution in [-0.4, -0.2) is 23.3 Å². The van der Waals surface area contributed by atoms with Gasteiger partial charge < -0.3 is 4.74 Å². The Labute approximate surface area is 240 Å². The summed E-state index contributed by atoms with van der Waals surface area (Å²) in [6.07, 6.45) is 0. The molecule has 3 aliphatic carbocycles. The van der Waals surface area contributed by atoms with Crippen LogP contribution >= 0.6 is 0 Å². The number of anilines is 1. The van der Waals surface area contributed by atoms with Crippen molar-refractivity contribution in [1.29, 1.82) is 0 Å². The minimum atomic E-state index is -0.630. The van der Waals surface area contributed by atoms with Gasteiger partial charge in [-0.1, -0.05) is 77.9 Å². The number of hydrogen-bond acceptors (Lipinski definition) is 5. The maximum Gasteiger partial charge on any atom is 0.297 e. The molecule has 4 atom stereocenters. The van der Waals surface area contributed by atoms with E-state index < -0.39 is 16.8 Å². The molecule has 2 bridgehead atoms. The van der Waals surface area contributed by atoms with Gasteiger partial charge in [-0.15, -0.1) is 0 Å². The van der Waals surface area contributed by atoms with Crippen LogP contribution in [0.25, 0.3) is 0 Å². The minimum absolute atomic E-state index is 0.00104. The van der Waals surface area contributed by atoms with Crippen molar-refractivity contribution in [2.24, 2.45) is 11.8 Å². The minimum Gasteiger partial charge on any atom is -0.494 e. The summed E-state index contributed by atoms with van der Waals surface area (Å²) in [6.45, 7) is 15.1.